The number of hydrogen-bond donors (Lipinski definition) is 0. The Labute approximate surface area is 207 Å². The standard InChI is InChI=1S/C31H29O3P/c1-24(32)18-23-30(31(33)25-19-21-26(34-2)22-20-25)35(27-12-6-3-7-13-27,28-14-8-4-9-15-28)29-16-10-5-11-17-29/h3-17,19-22H,18,23H2,1-2H3. The van der Waals surface area contributed by atoms with Gasteiger partial charge in [-0.05, 0) is 60.4 Å². The Kier molecular flexibility index (Phi) is 7.80. The molecule has 4 heteroatoms. The van der Waals surface area contributed by atoms with Gasteiger partial charge in [-0.2, -0.15) is 0 Å². The smallest absolute Gasteiger partial charge is 0.190 e. The quantitative estimate of drug-likeness (QED) is 0.238. The second kappa shape index (κ2) is 11.2. The van der Waals surface area contributed by atoms with Crippen LogP contribution in [0.3, 0.4) is 0 Å². The Morgan fingerprint density at radius 1 is 0.629 bits per heavy atom. The van der Waals surface area contributed by atoms with Gasteiger partial charge in [0.2, 0.25) is 0 Å². The van der Waals surface area contributed by atoms with Crippen LogP contribution in [0.4, 0.5) is 0 Å². The Bertz CT molecular complexity index is 1240. The van der Waals surface area contributed by atoms with Gasteiger partial charge in [0.15, 0.2) is 5.78 Å². The van der Waals surface area contributed by atoms with Gasteiger partial charge in [0.1, 0.15) is 11.5 Å². The van der Waals surface area contributed by atoms with Crippen LogP contribution in [0.2, 0.25) is 0 Å². The number of carbonyl (C=O) groups excluding carboxylic acids is 2. The molecule has 4 aromatic rings. The highest BCUT2D eigenvalue weighted by Gasteiger charge is 2.33. The number of hydrogen-bond acceptors (Lipinski definition) is 3. The molecular weight excluding hydrogens is 451 g/mol. The summed E-state index contributed by atoms with van der Waals surface area (Å²) in [6, 6.07) is 38.1. The Morgan fingerprint density at radius 3 is 1.43 bits per heavy atom. The van der Waals surface area contributed by atoms with Gasteiger partial charge < -0.3 is 9.53 Å². The summed E-state index contributed by atoms with van der Waals surface area (Å²) in [4.78, 5) is 26.6. The number of carbonyl (C=O) groups is 2. The van der Waals surface area contributed by atoms with Gasteiger partial charge in [-0.3, -0.25) is 4.79 Å². The fourth-order valence-corrected chi connectivity index (χ4v) is 9.07. The van der Waals surface area contributed by atoms with Gasteiger partial charge >= 0.3 is 0 Å². The highest BCUT2D eigenvalue weighted by Crippen LogP contribution is 2.47. The van der Waals surface area contributed by atoms with E-state index in [1.807, 2.05) is 78.9 Å². The van der Waals surface area contributed by atoms with Crippen LogP contribution in [0, 0.1) is 0 Å². The zero-order valence-corrected chi connectivity index (χ0v) is 21.0. The van der Waals surface area contributed by atoms with Crippen molar-refractivity contribution in [2.45, 2.75) is 19.8 Å². The first-order valence-electron chi connectivity index (χ1n) is 11.7. The SMILES string of the molecule is COc1ccc(C(=O)C(CCC(C)=O)=P(c2ccccc2)(c2ccccc2)c2ccccc2)cc1. The highest BCUT2D eigenvalue weighted by molar-refractivity contribution is 7.96. The predicted molar refractivity (Wildman–Crippen MR) is 147 cm³/mol. The van der Waals surface area contributed by atoms with E-state index in [9.17, 15) is 9.59 Å². The van der Waals surface area contributed by atoms with Crippen molar-refractivity contribution in [3.8, 4) is 5.75 Å². The first-order valence-corrected chi connectivity index (χ1v) is 13.5. The molecule has 0 aromatic heterocycles. The van der Waals surface area contributed by atoms with Gasteiger partial charge in [0.25, 0.3) is 0 Å². The highest BCUT2D eigenvalue weighted by atomic mass is 31.2. The number of benzene rings is 4. The Morgan fingerprint density at radius 2 is 1.06 bits per heavy atom. The first kappa shape index (κ1) is 24.4. The second-order valence-corrected chi connectivity index (χ2v) is 11.8. The monoisotopic (exact) mass is 480 g/mol. The third-order valence-electron chi connectivity index (χ3n) is 6.16. The fourth-order valence-electron chi connectivity index (χ4n) is 4.51. The lowest BCUT2D eigenvalue weighted by molar-refractivity contribution is -0.116. The van der Waals surface area contributed by atoms with Crippen molar-refractivity contribution < 1.29 is 14.3 Å². The molecule has 0 radical (unpaired) electrons. The molecule has 0 aliphatic carbocycles. The number of methoxy groups -OCH3 is 1. The maximum absolute atomic E-state index is 14.4. The molecule has 3 nitrogen and oxygen atoms in total. The predicted octanol–water partition coefficient (Wildman–Crippen LogP) is 5.41. The van der Waals surface area contributed by atoms with Gasteiger partial charge in [-0.1, -0.05) is 91.0 Å². The fraction of sp³-hybridized carbons (Fsp3) is 0.129. The molecule has 4 rings (SSSR count). The normalized spacial score (nSPS) is 11.0. The van der Waals surface area contributed by atoms with E-state index >= 15 is 0 Å². The van der Waals surface area contributed by atoms with Crippen LogP contribution in [0.15, 0.2) is 115 Å². The van der Waals surface area contributed by atoms with Crippen LogP contribution in [-0.4, -0.2) is 24.0 Å². The summed E-state index contributed by atoms with van der Waals surface area (Å²) in [5.41, 5.74) is 0.594. The molecule has 0 aliphatic rings. The molecule has 0 saturated heterocycles. The summed E-state index contributed by atoms with van der Waals surface area (Å²) in [5.74, 6) is 0.734. The molecular formula is C31H29O3P. The minimum Gasteiger partial charge on any atom is -0.497 e. The molecule has 0 bridgehead atoms. The molecule has 0 N–H and O–H groups in total. The molecule has 35 heavy (non-hydrogen) atoms. The lowest BCUT2D eigenvalue weighted by atomic mass is 10.0. The Balaban J connectivity index is 2.16. The summed E-state index contributed by atoms with van der Waals surface area (Å²) in [5, 5.41) is 4.06. The van der Waals surface area contributed by atoms with Gasteiger partial charge in [-0.15, -0.1) is 0 Å². The minimum absolute atomic E-state index is 0.0289. The minimum atomic E-state index is -2.58. The van der Waals surface area contributed by atoms with Crippen LogP contribution in [0.1, 0.15) is 30.1 Å². The van der Waals surface area contributed by atoms with Crippen LogP contribution in [-0.2, 0) is 4.79 Å². The van der Waals surface area contributed by atoms with Crippen molar-refractivity contribution in [2.75, 3.05) is 7.11 Å². The Hall–Kier alpha value is -3.68. The summed E-state index contributed by atoms with van der Waals surface area (Å²) in [6.07, 6.45) is 0.706. The number of rotatable bonds is 9. The average Bonchev–Trinajstić information content (AvgIpc) is 2.92. The molecule has 0 saturated carbocycles. The lowest BCUT2D eigenvalue weighted by Crippen LogP contribution is -2.34. The topological polar surface area (TPSA) is 43.4 Å². The lowest BCUT2D eigenvalue weighted by Gasteiger charge is -2.32. The molecule has 0 amide bonds. The van der Waals surface area contributed by atoms with E-state index in [-0.39, 0.29) is 11.6 Å². The molecule has 4 aromatic carbocycles. The average molecular weight is 481 g/mol. The van der Waals surface area contributed by atoms with E-state index in [2.05, 4.69) is 36.4 Å². The van der Waals surface area contributed by atoms with Gasteiger partial charge in [0, 0.05) is 17.3 Å². The van der Waals surface area contributed by atoms with Crippen LogP contribution in [0.25, 0.3) is 0 Å². The molecule has 0 heterocycles. The number of Topliss-reactive ketones (excluding diaryl/α,β-unsaturated/α-hetero) is 2. The maximum Gasteiger partial charge on any atom is 0.190 e. The van der Waals surface area contributed by atoms with Crippen molar-refractivity contribution in [1.82, 2.24) is 0 Å². The molecule has 0 spiro atoms. The van der Waals surface area contributed by atoms with E-state index in [4.69, 9.17) is 4.74 Å². The molecule has 0 fully saturated rings. The van der Waals surface area contributed by atoms with Gasteiger partial charge in [0.05, 0.1) is 7.11 Å². The van der Waals surface area contributed by atoms with E-state index in [1.54, 1.807) is 14.0 Å². The van der Waals surface area contributed by atoms with Gasteiger partial charge in [-0.25, -0.2) is 0 Å². The van der Waals surface area contributed by atoms with E-state index in [0.717, 1.165) is 21.2 Å². The molecule has 0 atom stereocenters. The third kappa shape index (κ3) is 5.06. The molecule has 0 unspecified atom stereocenters. The van der Waals surface area contributed by atoms with Crippen molar-refractivity contribution in [2.24, 2.45) is 0 Å². The van der Waals surface area contributed by atoms with Crippen molar-refractivity contribution in [3.63, 3.8) is 0 Å². The summed E-state index contributed by atoms with van der Waals surface area (Å²) >= 11 is 0. The van der Waals surface area contributed by atoms with Crippen LogP contribution in [0.5, 0.6) is 5.75 Å². The summed E-state index contributed by atoms with van der Waals surface area (Å²) in [7, 11) is 1.61. The van der Waals surface area contributed by atoms with E-state index in [0.29, 0.717) is 24.2 Å². The zero-order valence-electron chi connectivity index (χ0n) is 20.1. The van der Waals surface area contributed by atoms with Crippen LogP contribution >= 0.6 is 6.89 Å². The van der Waals surface area contributed by atoms with Crippen molar-refractivity contribution in [1.29, 1.82) is 0 Å². The third-order valence-corrected chi connectivity index (χ3v) is 10.6. The first-order chi connectivity index (χ1) is 17.1. The van der Waals surface area contributed by atoms with E-state index < -0.39 is 6.89 Å². The van der Waals surface area contributed by atoms with Crippen LogP contribution < -0.4 is 20.7 Å². The molecule has 0 aliphatic heterocycles. The van der Waals surface area contributed by atoms with Crippen molar-refractivity contribution in [3.05, 3.63) is 121 Å². The largest absolute Gasteiger partial charge is 0.497 e. The number of ether oxygens (including phenoxy) is 1. The van der Waals surface area contributed by atoms with Crippen molar-refractivity contribution >= 4 is 39.7 Å². The molecule has 176 valence electrons. The number of ketones is 2. The maximum atomic E-state index is 14.4. The summed E-state index contributed by atoms with van der Waals surface area (Å²) < 4.78 is 5.31. The van der Waals surface area contributed by atoms with E-state index in [1.165, 1.54) is 0 Å². The zero-order chi connectivity index (χ0) is 24.7. The summed E-state index contributed by atoms with van der Waals surface area (Å²) in [6.45, 7) is -0.990. The second-order valence-electron chi connectivity index (χ2n) is 8.38.